The first kappa shape index (κ1) is 29.0. The van der Waals surface area contributed by atoms with Crippen LogP contribution in [0.4, 0.5) is 24.5 Å². The van der Waals surface area contributed by atoms with Crippen LogP contribution >= 0.6 is 34.7 Å². The molecule has 0 saturated carbocycles. The van der Waals surface area contributed by atoms with E-state index in [-0.39, 0.29) is 16.5 Å². The topological polar surface area (TPSA) is 109 Å². The Kier molecular flexibility index (Phi) is 7.57. The number of nitrogens with one attached hydrogen (secondary N) is 2. The number of para-hydroxylation sites is 1. The number of hydrogen-bond acceptors (Lipinski definition) is 7. The average Bonchev–Trinajstić information content (AvgIpc) is 3.46. The number of alkyl halides is 3. The Morgan fingerprint density at radius 1 is 1.00 bits per heavy atom. The van der Waals surface area contributed by atoms with Crippen molar-refractivity contribution in [1.29, 1.82) is 0 Å². The number of thiazole rings is 1. The Hall–Kier alpha value is -4.07. The van der Waals surface area contributed by atoms with Crippen LogP contribution in [0, 0.1) is 5.92 Å². The largest absolute Gasteiger partial charge is 0.483 e. The molecule has 0 radical (unpaired) electrons. The molecule has 0 spiro atoms. The predicted molar refractivity (Wildman–Crippen MR) is 156 cm³/mol. The third kappa shape index (κ3) is 5.55. The number of carbonyl (C=O) groups excluding carboxylic acids is 3. The molecule has 0 aliphatic carbocycles. The van der Waals surface area contributed by atoms with Gasteiger partial charge in [-0.2, -0.15) is 13.2 Å². The van der Waals surface area contributed by atoms with Gasteiger partial charge in [0.25, 0.3) is 5.91 Å². The van der Waals surface area contributed by atoms with Gasteiger partial charge in [0.05, 0.1) is 22.2 Å². The second-order valence-corrected chi connectivity index (χ2v) is 12.3. The fourth-order valence-corrected chi connectivity index (χ4v) is 7.87. The van der Waals surface area contributed by atoms with Crippen LogP contribution in [0.2, 0.25) is 5.02 Å². The number of H-pyrrole nitrogens is 1. The van der Waals surface area contributed by atoms with Crippen LogP contribution in [0.5, 0.6) is 5.75 Å². The monoisotopic (exact) mass is 645 g/mol. The zero-order valence-corrected chi connectivity index (χ0v) is 24.1. The zero-order chi connectivity index (χ0) is 30.5. The number of hydrogen-bond donors (Lipinski definition) is 2. The first-order valence-corrected chi connectivity index (χ1v) is 14.8. The van der Waals surface area contributed by atoms with E-state index in [1.54, 1.807) is 30.3 Å². The van der Waals surface area contributed by atoms with E-state index < -0.39 is 58.0 Å². The smallest absolute Gasteiger partial charge is 0.416 e. The molecule has 2 aliphatic rings. The zero-order valence-electron chi connectivity index (χ0n) is 21.7. The molecule has 2 N–H and O–H groups in total. The first-order chi connectivity index (χ1) is 20.5. The molecular formula is C29H19ClF3N3O5S2. The van der Waals surface area contributed by atoms with E-state index in [4.69, 9.17) is 16.3 Å². The van der Waals surface area contributed by atoms with Crippen molar-refractivity contribution in [3.63, 3.8) is 0 Å². The summed E-state index contributed by atoms with van der Waals surface area (Å²) in [5.74, 6) is -3.75. The fourth-order valence-electron chi connectivity index (χ4n) is 5.18. The molecule has 3 heterocycles. The fraction of sp³-hybridized carbons (Fsp3) is 0.172. The van der Waals surface area contributed by atoms with Gasteiger partial charge in [-0.05, 0) is 48.5 Å². The van der Waals surface area contributed by atoms with E-state index in [0.717, 1.165) is 46.2 Å². The van der Waals surface area contributed by atoms with Crippen LogP contribution in [-0.4, -0.2) is 34.6 Å². The molecule has 2 unspecified atom stereocenters. The number of halogens is 4. The minimum absolute atomic E-state index is 0.188. The van der Waals surface area contributed by atoms with Crippen molar-refractivity contribution < 1.29 is 32.3 Å². The van der Waals surface area contributed by atoms with Crippen molar-refractivity contribution in [2.24, 2.45) is 5.92 Å². The van der Waals surface area contributed by atoms with Gasteiger partial charge in [0.2, 0.25) is 11.8 Å². The van der Waals surface area contributed by atoms with E-state index in [1.165, 1.54) is 24.3 Å². The molecule has 1 fully saturated rings. The van der Waals surface area contributed by atoms with Crippen LogP contribution in [0.25, 0.3) is 0 Å². The summed E-state index contributed by atoms with van der Waals surface area (Å²) in [5, 5.41) is 2.28. The minimum Gasteiger partial charge on any atom is -0.483 e. The molecule has 8 nitrogen and oxygen atoms in total. The molecule has 4 aromatic rings. The summed E-state index contributed by atoms with van der Waals surface area (Å²) in [6, 6.07) is 17.3. The summed E-state index contributed by atoms with van der Waals surface area (Å²) in [6.45, 7) is -0.404. The SMILES string of the molecule is O=C(COc1ccc(Cl)cc1[C@H]1c2sc(=O)[nH]c2SC2C(=O)N(c3cccc(C(F)(F)F)c3)C(=O)C21)Nc1ccccc1. The number of rotatable bonds is 6. The number of carbonyl (C=O) groups is 3. The normalized spacial score (nSPS) is 19.6. The van der Waals surface area contributed by atoms with Gasteiger partial charge < -0.3 is 15.0 Å². The second-order valence-electron chi connectivity index (χ2n) is 9.69. The van der Waals surface area contributed by atoms with Crippen molar-refractivity contribution in [1.82, 2.24) is 4.98 Å². The Balaban J connectivity index is 1.38. The van der Waals surface area contributed by atoms with Crippen molar-refractivity contribution in [3.05, 3.63) is 103 Å². The molecule has 1 aromatic heterocycles. The van der Waals surface area contributed by atoms with Gasteiger partial charge >= 0.3 is 11.0 Å². The van der Waals surface area contributed by atoms with Crippen molar-refractivity contribution in [2.45, 2.75) is 22.4 Å². The molecule has 2 aliphatic heterocycles. The minimum atomic E-state index is -4.69. The van der Waals surface area contributed by atoms with Crippen LogP contribution in [-0.2, 0) is 20.6 Å². The van der Waals surface area contributed by atoms with Crippen LogP contribution < -0.4 is 19.8 Å². The highest BCUT2D eigenvalue weighted by Crippen LogP contribution is 2.55. The highest BCUT2D eigenvalue weighted by molar-refractivity contribution is 8.00. The van der Waals surface area contributed by atoms with Gasteiger partial charge in [0, 0.05) is 27.1 Å². The number of thioether (sulfide) groups is 1. The lowest BCUT2D eigenvalue weighted by molar-refractivity contribution is -0.137. The molecule has 1 saturated heterocycles. The van der Waals surface area contributed by atoms with E-state index in [0.29, 0.717) is 21.2 Å². The Morgan fingerprint density at radius 3 is 2.51 bits per heavy atom. The number of aromatic amines is 1. The molecule has 3 aromatic carbocycles. The van der Waals surface area contributed by atoms with Gasteiger partial charge in [-0.25, -0.2) is 4.90 Å². The number of nitrogens with zero attached hydrogens (tertiary/aromatic N) is 1. The number of imide groups is 1. The maximum atomic E-state index is 14.0. The van der Waals surface area contributed by atoms with Crippen molar-refractivity contribution in [2.75, 3.05) is 16.8 Å². The number of aromatic nitrogens is 1. The van der Waals surface area contributed by atoms with Gasteiger partial charge in [-0.1, -0.05) is 59.0 Å². The predicted octanol–water partition coefficient (Wildman–Crippen LogP) is 5.92. The summed E-state index contributed by atoms with van der Waals surface area (Å²) in [7, 11) is 0. The van der Waals surface area contributed by atoms with E-state index in [2.05, 4.69) is 10.3 Å². The van der Waals surface area contributed by atoms with Gasteiger partial charge in [-0.3, -0.25) is 19.2 Å². The molecule has 43 heavy (non-hydrogen) atoms. The molecule has 220 valence electrons. The van der Waals surface area contributed by atoms with Gasteiger partial charge in [0.1, 0.15) is 11.0 Å². The third-order valence-corrected chi connectivity index (χ3v) is 9.62. The maximum absolute atomic E-state index is 14.0. The summed E-state index contributed by atoms with van der Waals surface area (Å²) in [6.07, 6.45) is -4.69. The number of amides is 3. The molecule has 0 bridgehead atoms. The lowest BCUT2D eigenvalue weighted by Crippen LogP contribution is -2.32. The first-order valence-electron chi connectivity index (χ1n) is 12.7. The number of anilines is 2. The standard InChI is InChI=1S/C29H19ClF3N3O5S2/c30-15-9-10-19(41-13-20(37)34-16-6-2-1-3-7-16)18(12-15)21-22-24(42-25-23(21)43-28(40)35-25)27(39)36(26(22)38)17-8-4-5-14(11-17)29(31,32)33/h1-12,21-22,24H,13H2,(H,34,37)(H,35,40)/t21-,22?,24?/m1/s1. The Morgan fingerprint density at radius 2 is 1.77 bits per heavy atom. The van der Waals surface area contributed by atoms with Gasteiger partial charge in [-0.15, -0.1) is 0 Å². The number of benzene rings is 3. The highest BCUT2D eigenvalue weighted by Gasteiger charge is 2.57. The summed E-state index contributed by atoms with van der Waals surface area (Å²) in [5.41, 5.74) is -0.312. The Bertz CT molecular complexity index is 1810. The summed E-state index contributed by atoms with van der Waals surface area (Å²) >= 11 is 8.18. The van der Waals surface area contributed by atoms with E-state index >= 15 is 0 Å². The van der Waals surface area contributed by atoms with E-state index in [1.807, 2.05) is 0 Å². The molecule has 3 atom stereocenters. The Labute approximate surface area is 254 Å². The number of ether oxygens (including phenoxy) is 1. The summed E-state index contributed by atoms with van der Waals surface area (Å²) in [4.78, 5) is 56.2. The number of fused-ring (bicyclic) bond motifs is 2. The summed E-state index contributed by atoms with van der Waals surface area (Å²) < 4.78 is 46.3. The second kappa shape index (κ2) is 11.2. The quantitative estimate of drug-likeness (QED) is 0.252. The van der Waals surface area contributed by atoms with Crippen molar-refractivity contribution in [3.8, 4) is 5.75 Å². The van der Waals surface area contributed by atoms with Crippen LogP contribution in [0.15, 0.2) is 82.6 Å². The molecule has 3 amide bonds. The molecule has 14 heteroatoms. The molecule has 6 rings (SSSR count). The lowest BCUT2D eigenvalue weighted by Gasteiger charge is -2.31. The lowest BCUT2D eigenvalue weighted by atomic mass is 9.82. The third-order valence-electron chi connectivity index (χ3n) is 6.98. The maximum Gasteiger partial charge on any atom is 0.416 e. The van der Waals surface area contributed by atoms with Gasteiger partial charge in [0.15, 0.2) is 6.61 Å². The van der Waals surface area contributed by atoms with Crippen LogP contribution in [0.3, 0.4) is 0 Å². The average molecular weight is 646 g/mol. The van der Waals surface area contributed by atoms with E-state index in [9.17, 15) is 32.3 Å². The van der Waals surface area contributed by atoms with Crippen molar-refractivity contribution >= 4 is 63.8 Å². The molecular weight excluding hydrogens is 627 g/mol. The highest BCUT2D eigenvalue weighted by atomic mass is 35.5. The van der Waals surface area contributed by atoms with Crippen LogP contribution in [0.1, 0.15) is 21.9 Å².